The Kier molecular flexibility index (Phi) is 7.67. The number of carbonyl (C=O) groups excluding carboxylic acids is 1. The molecule has 4 rings (SSSR count). The van der Waals surface area contributed by atoms with Gasteiger partial charge in [-0.15, -0.1) is 0 Å². The van der Waals surface area contributed by atoms with Crippen molar-refractivity contribution in [1.82, 2.24) is 9.47 Å². The number of benzene rings is 2. The van der Waals surface area contributed by atoms with E-state index >= 15 is 0 Å². The highest BCUT2D eigenvalue weighted by atomic mass is 32.1. The second-order valence-corrected chi connectivity index (χ2v) is 9.25. The predicted octanol–water partition coefficient (Wildman–Crippen LogP) is 2.64. The van der Waals surface area contributed by atoms with Crippen LogP contribution in [-0.2, 0) is 10.4 Å². The van der Waals surface area contributed by atoms with Crippen LogP contribution in [0.1, 0.15) is 35.6 Å². The Balaban J connectivity index is 1.69. The first-order chi connectivity index (χ1) is 17.4. The summed E-state index contributed by atoms with van der Waals surface area (Å²) >= 11 is 5.70. The van der Waals surface area contributed by atoms with E-state index in [1.165, 1.54) is 6.21 Å². The Morgan fingerprint density at radius 3 is 2.58 bits per heavy atom. The van der Waals surface area contributed by atoms with Crippen LogP contribution in [0.3, 0.4) is 0 Å². The van der Waals surface area contributed by atoms with Crippen LogP contribution in [0.15, 0.2) is 79.5 Å². The van der Waals surface area contributed by atoms with Crippen molar-refractivity contribution in [3.8, 4) is 5.75 Å². The van der Waals surface area contributed by atoms with Crippen LogP contribution in [0.2, 0.25) is 0 Å². The molecule has 0 spiro atoms. The molecular weight excluding hydrogens is 472 g/mol. The van der Waals surface area contributed by atoms with E-state index in [0.29, 0.717) is 59.7 Å². The lowest BCUT2D eigenvalue weighted by atomic mass is 9.84. The number of nitrogen functional groups attached to an aromatic ring is 1. The first kappa shape index (κ1) is 25.3. The van der Waals surface area contributed by atoms with Gasteiger partial charge in [-0.3, -0.25) is 10.2 Å². The number of ether oxygens (including phenoxy) is 1. The molecule has 1 fully saturated rings. The fourth-order valence-electron chi connectivity index (χ4n) is 4.61. The molecule has 0 saturated carbocycles. The van der Waals surface area contributed by atoms with Crippen molar-refractivity contribution in [3.05, 3.63) is 101 Å². The minimum atomic E-state index is -0.967. The largest absolute Gasteiger partial charge is 0.490 e. The molecule has 186 valence electrons. The minimum Gasteiger partial charge on any atom is -0.490 e. The standard InChI is InChI=1S/C28H30N4O3S/c1-2-17-35-22-10-6-7-20(18-22)25(32-14-11-24(30)23(19-29)27(32)36)26(33)31-15-12-28(34,13-16-31)21-8-4-3-5-9-21/h2-11,14,18-19,25,29,34H,1,12-13,15-17,30H2/p+1. The topological polar surface area (TPSA) is 106 Å². The second kappa shape index (κ2) is 10.9. The minimum absolute atomic E-state index is 0.130. The van der Waals surface area contributed by atoms with E-state index in [2.05, 4.69) is 6.58 Å². The monoisotopic (exact) mass is 503 g/mol. The Hall–Kier alpha value is -3.75. The molecule has 1 aliphatic heterocycles. The highest BCUT2D eigenvalue weighted by molar-refractivity contribution is 7.71. The predicted molar refractivity (Wildman–Crippen MR) is 143 cm³/mol. The molecule has 1 atom stereocenters. The third-order valence-corrected chi connectivity index (χ3v) is 7.06. The van der Waals surface area contributed by atoms with E-state index < -0.39 is 11.6 Å². The number of anilines is 1. The number of hydrogen-bond donors (Lipinski definition) is 3. The Morgan fingerprint density at radius 1 is 1.19 bits per heavy atom. The summed E-state index contributed by atoms with van der Waals surface area (Å²) in [6.45, 7) is 4.86. The number of hydrogen-bond acceptors (Lipinski definition) is 5. The van der Waals surface area contributed by atoms with Gasteiger partial charge in [0.2, 0.25) is 5.91 Å². The lowest BCUT2D eigenvalue weighted by Gasteiger charge is -2.40. The molecule has 2 aromatic carbocycles. The van der Waals surface area contributed by atoms with Gasteiger partial charge >= 0.3 is 0 Å². The van der Waals surface area contributed by atoms with Crippen LogP contribution in [-0.4, -0.2) is 46.4 Å². The summed E-state index contributed by atoms with van der Waals surface area (Å²) in [5.74, 6) is 0.490. The van der Waals surface area contributed by atoms with Gasteiger partial charge in [-0.25, -0.2) is 0 Å². The lowest BCUT2D eigenvalue weighted by molar-refractivity contribution is -0.138. The van der Waals surface area contributed by atoms with Gasteiger partial charge in [0.05, 0.1) is 11.2 Å². The highest BCUT2D eigenvalue weighted by Crippen LogP contribution is 2.35. The summed E-state index contributed by atoms with van der Waals surface area (Å²) in [7, 11) is 0. The summed E-state index contributed by atoms with van der Waals surface area (Å²) < 4.78 is 7.81. The molecule has 8 heteroatoms. The number of nitrogens with zero attached hydrogens (tertiary/aromatic N) is 2. The van der Waals surface area contributed by atoms with Gasteiger partial charge in [0, 0.05) is 25.0 Å². The van der Waals surface area contributed by atoms with Crippen molar-refractivity contribution < 1.29 is 20.0 Å². The van der Waals surface area contributed by atoms with Gasteiger partial charge < -0.3 is 25.0 Å². The zero-order chi connectivity index (χ0) is 25.7. The van der Waals surface area contributed by atoms with Crippen LogP contribution < -0.4 is 15.9 Å². The molecule has 1 aliphatic rings. The van der Waals surface area contributed by atoms with E-state index in [1.807, 2.05) is 54.6 Å². The summed E-state index contributed by atoms with van der Waals surface area (Å²) in [6, 6.07) is 17.9. The van der Waals surface area contributed by atoms with Crippen LogP contribution in [0.25, 0.3) is 0 Å². The van der Waals surface area contributed by atoms with Crippen LogP contribution in [0.4, 0.5) is 5.69 Å². The van der Waals surface area contributed by atoms with E-state index in [0.717, 1.165) is 5.56 Å². The van der Waals surface area contributed by atoms with E-state index in [-0.39, 0.29) is 5.91 Å². The average Bonchev–Trinajstić information content (AvgIpc) is 2.90. The molecule has 7 nitrogen and oxygen atoms in total. The summed E-state index contributed by atoms with van der Waals surface area (Å²) in [5, 5.41) is 17.1. The van der Waals surface area contributed by atoms with Crippen molar-refractivity contribution in [3.63, 3.8) is 0 Å². The first-order valence-corrected chi connectivity index (χ1v) is 12.2. The molecule has 1 aromatic heterocycles. The zero-order valence-electron chi connectivity index (χ0n) is 20.0. The van der Waals surface area contributed by atoms with Crippen molar-refractivity contribution in [2.75, 3.05) is 25.4 Å². The summed E-state index contributed by atoms with van der Waals surface area (Å²) in [6.07, 6.45) is 5.62. The molecule has 1 saturated heterocycles. The molecule has 1 unspecified atom stereocenters. The number of aromatic nitrogens is 1. The normalized spacial score (nSPS) is 15.6. The number of piperidine rings is 1. The van der Waals surface area contributed by atoms with Crippen molar-refractivity contribution >= 4 is 30.0 Å². The molecule has 0 bridgehead atoms. The quantitative estimate of drug-likeness (QED) is 0.249. The van der Waals surface area contributed by atoms with Crippen LogP contribution >= 0.6 is 12.2 Å². The second-order valence-electron chi connectivity index (χ2n) is 8.86. The molecule has 2 heterocycles. The molecular formula is C28H31N4O3S+. The van der Waals surface area contributed by atoms with E-state index in [1.54, 1.807) is 27.8 Å². The van der Waals surface area contributed by atoms with Gasteiger partial charge in [-0.05, 0) is 42.2 Å². The van der Waals surface area contributed by atoms with E-state index in [4.69, 9.17) is 28.1 Å². The third kappa shape index (κ3) is 5.10. The number of likely N-dealkylation sites (tertiary alicyclic amines) is 1. The van der Waals surface area contributed by atoms with Crippen LogP contribution in [0.5, 0.6) is 5.75 Å². The zero-order valence-corrected chi connectivity index (χ0v) is 20.9. The Labute approximate surface area is 216 Å². The average molecular weight is 504 g/mol. The number of rotatable bonds is 8. The smallest absolute Gasteiger partial charge is 0.250 e. The van der Waals surface area contributed by atoms with Gasteiger partial charge in [0.1, 0.15) is 23.0 Å². The fourth-order valence-corrected chi connectivity index (χ4v) is 4.96. The van der Waals surface area contributed by atoms with E-state index in [9.17, 15) is 9.90 Å². The highest BCUT2D eigenvalue weighted by Gasteiger charge is 2.38. The van der Waals surface area contributed by atoms with Gasteiger partial charge in [-0.1, -0.05) is 67.3 Å². The van der Waals surface area contributed by atoms with Gasteiger partial charge in [0.15, 0.2) is 6.21 Å². The molecule has 1 amide bonds. The van der Waals surface area contributed by atoms with Gasteiger partial charge in [-0.2, -0.15) is 0 Å². The van der Waals surface area contributed by atoms with Crippen LogP contribution in [0, 0.1) is 4.64 Å². The molecule has 5 N–H and O–H groups in total. The maximum absolute atomic E-state index is 14.1. The van der Waals surface area contributed by atoms with Crippen molar-refractivity contribution in [2.24, 2.45) is 0 Å². The first-order valence-electron chi connectivity index (χ1n) is 11.8. The molecule has 0 radical (unpaired) electrons. The van der Waals surface area contributed by atoms with Crippen molar-refractivity contribution in [2.45, 2.75) is 24.5 Å². The number of pyridine rings is 1. The summed E-state index contributed by atoms with van der Waals surface area (Å²) in [5.41, 5.74) is 7.64. The summed E-state index contributed by atoms with van der Waals surface area (Å²) in [4.78, 5) is 15.8. The maximum atomic E-state index is 14.1. The molecule has 36 heavy (non-hydrogen) atoms. The third-order valence-electron chi connectivity index (χ3n) is 6.62. The Bertz CT molecular complexity index is 1310. The number of carbonyl (C=O) groups is 1. The van der Waals surface area contributed by atoms with Gasteiger partial charge in [0.25, 0.3) is 0 Å². The maximum Gasteiger partial charge on any atom is 0.250 e. The fraction of sp³-hybridized carbons (Fsp3) is 0.250. The molecule has 0 aliphatic carbocycles. The lowest BCUT2D eigenvalue weighted by Crippen LogP contribution is -2.47. The number of aliphatic hydroxyl groups is 1. The van der Waals surface area contributed by atoms with Crippen molar-refractivity contribution in [1.29, 1.82) is 0 Å². The number of nitrogens with two attached hydrogens (primary N) is 2. The SMILES string of the molecule is C=CCOc1cccc(C(C(=O)N2CCC(O)(c3ccccc3)CC2)n2ccc(N)c(C=[NH2+])c2=S)c1. The Morgan fingerprint density at radius 2 is 1.92 bits per heavy atom. The molecule has 3 aromatic rings. The number of amides is 1.